The molecule has 0 saturated heterocycles. The van der Waals surface area contributed by atoms with E-state index in [0.717, 1.165) is 24.1 Å². The van der Waals surface area contributed by atoms with Crippen molar-refractivity contribution in [1.29, 1.82) is 0 Å². The van der Waals surface area contributed by atoms with Gasteiger partial charge in [-0.15, -0.1) is 5.10 Å². The molecule has 0 atom stereocenters. The van der Waals surface area contributed by atoms with Crippen LogP contribution in [0.25, 0.3) is 11.1 Å². The van der Waals surface area contributed by atoms with E-state index in [0.29, 0.717) is 34.8 Å². The molecule has 1 aliphatic rings. The first-order valence-corrected chi connectivity index (χ1v) is 9.60. The second-order valence-electron chi connectivity index (χ2n) is 7.46. The summed E-state index contributed by atoms with van der Waals surface area (Å²) in [5.41, 5.74) is 4.74. The number of amides is 1. The van der Waals surface area contributed by atoms with E-state index < -0.39 is 0 Å². The molecule has 29 heavy (non-hydrogen) atoms. The van der Waals surface area contributed by atoms with Gasteiger partial charge in [-0.25, -0.2) is 14.6 Å². The van der Waals surface area contributed by atoms with Crippen LogP contribution in [0.3, 0.4) is 0 Å². The Morgan fingerprint density at radius 3 is 2.90 bits per heavy atom. The second-order valence-corrected chi connectivity index (χ2v) is 7.46. The van der Waals surface area contributed by atoms with Crippen LogP contribution in [0.15, 0.2) is 41.2 Å². The summed E-state index contributed by atoms with van der Waals surface area (Å²) in [4.78, 5) is 21.8. The van der Waals surface area contributed by atoms with Crippen LogP contribution >= 0.6 is 0 Å². The number of aromatic nitrogens is 5. The lowest BCUT2D eigenvalue weighted by Gasteiger charge is -2.06. The summed E-state index contributed by atoms with van der Waals surface area (Å²) in [6.45, 7) is 4.45. The van der Waals surface area contributed by atoms with Crippen LogP contribution in [0.2, 0.25) is 0 Å². The van der Waals surface area contributed by atoms with E-state index in [1.165, 1.54) is 5.56 Å². The summed E-state index contributed by atoms with van der Waals surface area (Å²) in [5, 5.41) is 11.8. The highest BCUT2D eigenvalue weighted by Crippen LogP contribution is 2.40. The van der Waals surface area contributed by atoms with Crippen molar-refractivity contribution in [1.82, 2.24) is 24.9 Å². The van der Waals surface area contributed by atoms with Crippen molar-refractivity contribution in [3.05, 3.63) is 64.7 Å². The number of carbonyl (C=O) groups is 1. The Balaban J connectivity index is 1.40. The maximum absolute atomic E-state index is 13.0. The molecule has 0 bridgehead atoms. The van der Waals surface area contributed by atoms with Crippen LogP contribution in [0.5, 0.6) is 0 Å². The molecule has 0 spiro atoms. The summed E-state index contributed by atoms with van der Waals surface area (Å²) in [6, 6.07) is 9.95. The van der Waals surface area contributed by atoms with Gasteiger partial charge in [0.15, 0.2) is 0 Å². The average molecular weight is 388 g/mol. The molecule has 1 aromatic carbocycles. The zero-order valence-electron chi connectivity index (χ0n) is 16.2. The number of hydrogen-bond donors (Lipinski definition) is 1. The maximum atomic E-state index is 13.0. The van der Waals surface area contributed by atoms with E-state index in [1.807, 2.05) is 18.2 Å². The molecular weight excluding hydrogens is 368 g/mol. The molecular formula is C21H20N6O2. The third-order valence-electron chi connectivity index (χ3n) is 5.23. The predicted molar refractivity (Wildman–Crippen MR) is 107 cm³/mol. The molecule has 3 aromatic heterocycles. The molecule has 4 aromatic rings. The largest absolute Gasteiger partial charge is 0.336 e. The molecule has 0 aliphatic heterocycles. The van der Waals surface area contributed by atoms with E-state index in [1.54, 1.807) is 17.9 Å². The second kappa shape index (κ2) is 6.80. The Hall–Kier alpha value is -3.55. The topological polar surface area (TPSA) is 98.7 Å². The molecule has 1 N–H and O–H groups in total. The fraction of sp³-hybridized carbons (Fsp3) is 0.286. The summed E-state index contributed by atoms with van der Waals surface area (Å²) in [6.07, 6.45) is 3.78. The van der Waals surface area contributed by atoms with Crippen LogP contribution < -0.4 is 5.32 Å². The third-order valence-corrected chi connectivity index (χ3v) is 5.23. The smallest absolute Gasteiger partial charge is 0.259 e. The van der Waals surface area contributed by atoms with Crippen LogP contribution in [-0.2, 0) is 6.54 Å². The Kier molecular flexibility index (Phi) is 4.12. The lowest BCUT2D eigenvalue weighted by molar-refractivity contribution is 0.102. The highest BCUT2D eigenvalue weighted by molar-refractivity contribution is 6.11. The standard InChI is InChI=1S/C21H20N6O2/c1-12-5-3-4-6-15(12)10-27-11-22-21(25-27)24-19(28)16-9-17(14-7-8-14)23-20-18(16)13(2)26-29-20/h3-6,9,11,14H,7-8,10H2,1-2H3,(H,24,25,28). The van der Waals surface area contributed by atoms with E-state index in [9.17, 15) is 4.79 Å². The Morgan fingerprint density at radius 2 is 2.10 bits per heavy atom. The lowest BCUT2D eigenvalue weighted by Crippen LogP contribution is -2.15. The van der Waals surface area contributed by atoms with Crippen LogP contribution in [0.4, 0.5) is 5.95 Å². The van der Waals surface area contributed by atoms with Crippen molar-refractivity contribution in [3.8, 4) is 0 Å². The van der Waals surface area contributed by atoms with Gasteiger partial charge in [0.2, 0.25) is 5.95 Å². The first kappa shape index (κ1) is 17.5. The number of benzene rings is 1. The number of nitrogens with one attached hydrogen (secondary N) is 1. The first-order valence-electron chi connectivity index (χ1n) is 9.60. The SMILES string of the molecule is Cc1ccccc1Cn1cnc(NC(=O)c2cc(C3CC3)nc3onc(C)c23)n1. The maximum Gasteiger partial charge on any atom is 0.259 e. The van der Waals surface area contributed by atoms with E-state index >= 15 is 0 Å². The van der Waals surface area contributed by atoms with E-state index in [-0.39, 0.29) is 11.9 Å². The minimum absolute atomic E-state index is 0.260. The molecule has 1 fully saturated rings. The summed E-state index contributed by atoms with van der Waals surface area (Å²) < 4.78 is 7.02. The van der Waals surface area contributed by atoms with Crippen molar-refractivity contribution in [2.45, 2.75) is 39.2 Å². The van der Waals surface area contributed by atoms with Gasteiger partial charge in [-0.1, -0.05) is 29.4 Å². The van der Waals surface area contributed by atoms with Gasteiger partial charge >= 0.3 is 0 Å². The van der Waals surface area contributed by atoms with Crippen LogP contribution in [0, 0.1) is 13.8 Å². The van der Waals surface area contributed by atoms with Gasteiger partial charge in [0.1, 0.15) is 6.33 Å². The van der Waals surface area contributed by atoms with Gasteiger partial charge in [0.25, 0.3) is 11.6 Å². The predicted octanol–water partition coefficient (Wildman–Crippen LogP) is 3.61. The van der Waals surface area contributed by atoms with Crippen molar-refractivity contribution in [3.63, 3.8) is 0 Å². The monoisotopic (exact) mass is 388 g/mol. The quantitative estimate of drug-likeness (QED) is 0.561. The van der Waals surface area contributed by atoms with Crippen LogP contribution in [0.1, 0.15) is 51.6 Å². The van der Waals surface area contributed by atoms with E-state index in [2.05, 4.69) is 44.6 Å². The Morgan fingerprint density at radius 1 is 1.28 bits per heavy atom. The number of pyridine rings is 1. The van der Waals surface area contributed by atoms with E-state index in [4.69, 9.17) is 4.52 Å². The van der Waals surface area contributed by atoms with Crippen molar-refractivity contribution >= 4 is 23.0 Å². The summed E-state index contributed by atoms with van der Waals surface area (Å²) in [5.74, 6) is 0.359. The van der Waals surface area contributed by atoms with Crippen molar-refractivity contribution in [2.75, 3.05) is 5.32 Å². The number of rotatable bonds is 5. The molecule has 1 amide bonds. The highest BCUT2D eigenvalue weighted by Gasteiger charge is 2.28. The fourth-order valence-electron chi connectivity index (χ4n) is 3.44. The minimum atomic E-state index is -0.292. The molecule has 8 nitrogen and oxygen atoms in total. The van der Waals surface area contributed by atoms with Crippen LogP contribution in [-0.4, -0.2) is 30.8 Å². The summed E-state index contributed by atoms with van der Waals surface area (Å²) in [7, 11) is 0. The number of anilines is 1. The number of nitrogens with zero attached hydrogens (tertiary/aromatic N) is 5. The van der Waals surface area contributed by atoms with Crippen molar-refractivity contribution < 1.29 is 9.32 Å². The van der Waals surface area contributed by atoms with Gasteiger partial charge in [-0.3, -0.25) is 10.1 Å². The molecule has 5 rings (SSSR count). The average Bonchev–Trinajstić information content (AvgIpc) is 3.38. The molecule has 0 radical (unpaired) electrons. The third kappa shape index (κ3) is 3.37. The Bertz CT molecular complexity index is 1220. The first-order chi connectivity index (χ1) is 14.1. The summed E-state index contributed by atoms with van der Waals surface area (Å²) >= 11 is 0. The number of hydrogen-bond acceptors (Lipinski definition) is 6. The zero-order chi connectivity index (χ0) is 20.0. The number of fused-ring (bicyclic) bond motifs is 1. The minimum Gasteiger partial charge on any atom is -0.336 e. The number of aryl methyl sites for hydroxylation is 2. The van der Waals surface area contributed by atoms with Gasteiger partial charge in [-0.05, 0) is 43.9 Å². The molecule has 3 heterocycles. The Labute approximate surface area is 166 Å². The van der Waals surface area contributed by atoms with Gasteiger partial charge in [-0.2, -0.15) is 0 Å². The van der Waals surface area contributed by atoms with Gasteiger partial charge < -0.3 is 4.52 Å². The number of carbonyl (C=O) groups excluding carboxylic acids is 1. The van der Waals surface area contributed by atoms with Gasteiger partial charge in [0, 0.05) is 11.6 Å². The fourth-order valence-corrected chi connectivity index (χ4v) is 3.44. The lowest BCUT2D eigenvalue weighted by atomic mass is 10.1. The normalized spacial score (nSPS) is 13.7. The highest BCUT2D eigenvalue weighted by atomic mass is 16.5. The zero-order valence-corrected chi connectivity index (χ0v) is 16.2. The van der Waals surface area contributed by atoms with Gasteiger partial charge in [0.05, 0.1) is 23.2 Å². The molecule has 1 saturated carbocycles. The molecule has 146 valence electrons. The molecule has 0 unspecified atom stereocenters. The van der Waals surface area contributed by atoms with Crippen molar-refractivity contribution in [2.24, 2.45) is 0 Å². The molecule has 8 heteroatoms. The molecule has 1 aliphatic carbocycles.